The lowest BCUT2D eigenvalue weighted by Gasteiger charge is -2.70. The number of carbonyl (C=O) groups is 6. The van der Waals surface area contributed by atoms with Crippen molar-refractivity contribution in [3.63, 3.8) is 0 Å². The van der Waals surface area contributed by atoms with E-state index in [2.05, 4.69) is 0 Å². The molecule has 29 nitrogen and oxygen atoms in total. The largest absolute Gasteiger partial charge is 0.481 e. The maximum absolute atomic E-state index is 17.9. The minimum atomic E-state index is -2.48. The Labute approximate surface area is 782 Å². The highest BCUT2D eigenvalue weighted by Crippen LogP contribution is 2.73. The molecule has 5 aliphatic rings. The van der Waals surface area contributed by atoms with Gasteiger partial charge in [-0.15, -0.1) is 0 Å². The Morgan fingerprint density at radius 1 is 0.396 bits per heavy atom. The number of carbonyl (C=O) groups excluding carboxylic acids is 3. The molecule has 9 N–H and O–H groups in total. The van der Waals surface area contributed by atoms with E-state index in [0.717, 1.165) is 33.4 Å². The van der Waals surface area contributed by atoms with Crippen LogP contribution in [0.5, 0.6) is 0 Å². The van der Waals surface area contributed by atoms with E-state index in [1.54, 1.807) is 125 Å². The monoisotopic (exact) mass is 1830 g/mol. The number of fused-ring (bicyclic) bond motifs is 8. The van der Waals surface area contributed by atoms with Gasteiger partial charge in [-0.25, -0.2) is 14.4 Å². The maximum Gasteiger partial charge on any atom is 0.365 e. The summed E-state index contributed by atoms with van der Waals surface area (Å²) in [5.74, 6) is -9.32. The minimum Gasteiger partial charge on any atom is -0.481 e. The third kappa shape index (κ3) is 15.0. The van der Waals surface area contributed by atoms with Gasteiger partial charge < -0.3 is 32.5 Å². The van der Waals surface area contributed by atoms with E-state index in [0.29, 0.717) is 0 Å². The molecule has 4 bridgehead atoms. The van der Waals surface area contributed by atoms with Gasteiger partial charge in [0, 0.05) is 144 Å². The Kier molecular flexibility index (Phi) is 27.1. The number of carboxylic acid groups (broad SMARTS) is 3. The average Bonchev–Trinajstić information content (AvgIpc) is 0.668. The van der Waals surface area contributed by atoms with E-state index in [9.17, 15) is 15.3 Å². The number of hydrogen-bond acceptors (Lipinski definition) is 23. The maximum atomic E-state index is 17.9. The zero-order chi connectivity index (χ0) is 96.9. The molecule has 3 fully saturated rings. The van der Waals surface area contributed by atoms with Crippen molar-refractivity contribution in [2.45, 2.75) is 211 Å². The van der Waals surface area contributed by atoms with Gasteiger partial charge in [0.2, 0.25) is 0 Å². The summed E-state index contributed by atoms with van der Waals surface area (Å²) >= 11 is 0. The number of hydrogen-bond donors (Lipinski definition) is 6. The molecule has 12 unspecified atom stereocenters. The Morgan fingerprint density at radius 3 is 1.00 bits per heavy atom. The van der Waals surface area contributed by atoms with Gasteiger partial charge in [-0.05, 0) is 207 Å². The number of nitrogens with zero attached hydrogens (tertiary/aromatic N) is 8. The molecule has 0 radical (unpaired) electrons. The molecule has 0 amide bonds. The highest BCUT2D eigenvalue weighted by molar-refractivity contribution is 5.90. The van der Waals surface area contributed by atoms with Gasteiger partial charge in [-0.1, -0.05) is 218 Å². The summed E-state index contributed by atoms with van der Waals surface area (Å²) in [4.78, 5) is 189. The first-order chi connectivity index (χ1) is 63.6. The molecule has 0 spiro atoms. The van der Waals surface area contributed by atoms with Crippen LogP contribution in [0.1, 0.15) is 210 Å². The molecule has 9 aromatic carbocycles. The molecular weight excluding hydrogens is 1700 g/mol. The molecule has 0 aliphatic carbocycles. The second-order valence-corrected chi connectivity index (χ2v) is 39.3. The van der Waals surface area contributed by atoms with Crippen molar-refractivity contribution >= 4 is 52.9 Å². The number of aliphatic carboxylic acids is 3. The summed E-state index contributed by atoms with van der Waals surface area (Å²) in [6.07, 6.45) is -0.0394. The SMILES string of the molecule is CC1N(CCN)C(C)(C)C2(C)C(=O)ON(OC(=O)C3(C)C(C)(C)N(CCN)C(C)C(C)(C(=O)O)C3(CCC(c3ccccc3)c3ccccc3)c3cccc([N+](=O)ON4OC(=O)C5(C)C(C)(C)N(CCN)C(C)C(C)(C(=O)O)C5(CCC(c5ccccc5)c5ccccc5)c5cccc(c5)[N+](=O)O4)c3)O[N+](=O)c3cccc(c3)C2(CCC(c2ccccc2)c2ccccc2)C1(C)C(=O)O. The van der Waals surface area contributed by atoms with Gasteiger partial charge in [0.1, 0.15) is 0 Å². The van der Waals surface area contributed by atoms with E-state index in [1.807, 2.05) is 192 Å². The fourth-order valence-electron chi connectivity index (χ4n) is 25.7. The summed E-state index contributed by atoms with van der Waals surface area (Å²) in [5.41, 5.74) is 0.336. The molecular formula is C105H126N11O18+3. The van der Waals surface area contributed by atoms with Crippen molar-refractivity contribution in [2.24, 2.45) is 49.7 Å². The average molecular weight is 1830 g/mol. The zero-order valence-electron chi connectivity index (χ0n) is 79.0. The van der Waals surface area contributed by atoms with E-state index in [-0.39, 0.29) is 131 Å². The quantitative estimate of drug-likeness (QED) is 0.0228. The van der Waals surface area contributed by atoms with Gasteiger partial charge in [0.05, 0.1) is 47.2 Å². The smallest absolute Gasteiger partial charge is 0.365 e. The molecule has 5 aliphatic heterocycles. The Hall–Kier alpha value is -12.3. The van der Waals surface area contributed by atoms with Gasteiger partial charge in [0.25, 0.3) is 14.8 Å². The number of nitrogens with two attached hydrogens (primary N) is 3. The Morgan fingerprint density at radius 2 is 0.679 bits per heavy atom. The molecule has 29 heteroatoms. The standard InChI is InChI=1S/C105H123N11O18/c1-70-97(10,88(117)118)103(58-55-85(73-37-22-16-23-38-73)74-39-24-17-25-40-74)79-49-34-52-82(67-79)112(126)132-115(129-91(123)100(103,13)94(4,5)109(70)64-61-106)130-92(124)101(14)95(6,7)110(65-62-107)71(2)98(11,89(119)120)104(101,59-56-86(75-41-26-18-27-42-75)76-43-28-19-29-44-76)80-50-35-53-83(68-80)113(127)133-116-131-93(125)102(15)96(8,9)111(66-63-108)72(3)99(12,90(121)122)105(102,81-51-36-54-84(69-81)114(128)134-116)60-57-87(77-45-30-20-31-46-77)78-47-32-21-33-48-78/h16-54,67-72,85-87H,55-66,106-108H2,1-15H3/p+3. The lowest BCUT2D eigenvalue weighted by molar-refractivity contribution is -0.946. The van der Waals surface area contributed by atoms with Gasteiger partial charge in [-0.3, -0.25) is 43.6 Å². The van der Waals surface area contributed by atoms with Crippen LogP contribution in [0.15, 0.2) is 255 Å². The molecule has 0 saturated carbocycles. The summed E-state index contributed by atoms with van der Waals surface area (Å²) in [7, 11) is 0. The molecule has 0 aromatic heterocycles. The van der Waals surface area contributed by atoms with Crippen LogP contribution in [0.25, 0.3) is 0 Å². The second-order valence-electron chi connectivity index (χ2n) is 39.3. The third-order valence-electron chi connectivity index (χ3n) is 33.8. The predicted octanol–water partition coefficient (Wildman–Crippen LogP) is 17.0. The van der Waals surface area contributed by atoms with Crippen molar-refractivity contribution in [1.82, 2.24) is 25.5 Å². The van der Waals surface area contributed by atoms with Crippen LogP contribution in [-0.2, 0) is 74.3 Å². The van der Waals surface area contributed by atoms with Crippen LogP contribution in [-0.4, -0.2) is 165 Å². The molecule has 134 heavy (non-hydrogen) atoms. The Bertz CT molecular complexity index is 5750. The van der Waals surface area contributed by atoms with Gasteiger partial charge in [-0.2, -0.15) is 0 Å². The van der Waals surface area contributed by atoms with Crippen LogP contribution >= 0.6 is 0 Å². The second kappa shape index (κ2) is 37.2. The first kappa shape index (κ1) is 97.7. The number of piperidine rings is 3. The van der Waals surface area contributed by atoms with Gasteiger partial charge in [0.15, 0.2) is 0 Å². The number of benzene rings is 9. The zero-order valence-corrected chi connectivity index (χ0v) is 79.0. The van der Waals surface area contributed by atoms with Crippen LogP contribution in [0.4, 0.5) is 17.1 Å². The van der Waals surface area contributed by atoms with Crippen molar-refractivity contribution < 1.29 is 88.2 Å². The van der Waals surface area contributed by atoms with Gasteiger partial charge >= 0.3 is 63.7 Å². The Balaban J connectivity index is 0.944. The first-order valence-electron chi connectivity index (χ1n) is 46.0. The van der Waals surface area contributed by atoms with Crippen LogP contribution in [0.2, 0.25) is 0 Å². The summed E-state index contributed by atoms with van der Waals surface area (Å²) in [6.45, 7) is 25.3. The predicted molar refractivity (Wildman–Crippen MR) is 501 cm³/mol. The number of rotatable bonds is 30. The lowest BCUT2D eigenvalue weighted by Crippen LogP contribution is -2.82. The molecule has 706 valence electrons. The first-order valence-corrected chi connectivity index (χ1v) is 46.0. The van der Waals surface area contributed by atoms with Crippen LogP contribution in [0.3, 0.4) is 0 Å². The topological polar surface area (TPSA) is 373 Å². The molecule has 14 rings (SSSR count). The highest BCUT2D eigenvalue weighted by Gasteiger charge is 2.82. The fraction of sp³-hybridized carbons (Fsp3) is 0.429. The summed E-state index contributed by atoms with van der Waals surface area (Å²) in [6, 6.07) is 72.5. The van der Waals surface area contributed by atoms with E-state index in [1.165, 1.54) is 56.3 Å². The number of carboxylic acids is 3. The van der Waals surface area contributed by atoms with Crippen molar-refractivity contribution in [2.75, 3.05) is 39.3 Å². The fourth-order valence-corrected chi connectivity index (χ4v) is 25.7. The van der Waals surface area contributed by atoms with E-state index < -0.39 is 143 Å². The summed E-state index contributed by atoms with van der Waals surface area (Å²) in [5, 5.41) is 37.7. The van der Waals surface area contributed by atoms with Crippen molar-refractivity contribution in [1.29, 1.82) is 0 Å². The van der Waals surface area contributed by atoms with Crippen molar-refractivity contribution in [3.05, 3.63) is 320 Å². The van der Waals surface area contributed by atoms with E-state index >= 15 is 43.5 Å². The molecule has 5 heterocycles. The van der Waals surface area contributed by atoms with Crippen molar-refractivity contribution in [3.8, 4) is 0 Å². The molecule has 12 atom stereocenters. The highest BCUT2D eigenvalue weighted by atomic mass is 17.3. The molecule has 3 saturated heterocycles. The minimum absolute atomic E-state index is 0.000287. The van der Waals surface area contributed by atoms with E-state index in [4.69, 9.17) is 46.5 Å². The number of likely N-dealkylation sites (tertiary alicyclic amines) is 3. The third-order valence-corrected chi connectivity index (χ3v) is 33.8. The van der Waals surface area contributed by atoms with Crippen LogP contribution < -0.4 is 17.2 Å². The normalized spacial score (nSPS) is 28.2. The van der Waals surface area contributed by atoms with Crippen LogP contribution in [0, 0.1) is 47.2 Å². The molecule has 9 aromatic rings. The lowest BCUT2D eigenvalue weighted by atomic mass is 9.38. The summed E-state index contributed by atoms with van der Waals surface area (Å²) < 4.78 is 0.